The Labute approximate surface area is 156 Å². The SMILES string of the molecule is CN(CC(=O)N1CCCC(C(=O)O)C1)C(=O)CSc1ccc(Cl)cc1. The minimum Gasteiger partial charge on any atom is -0.481 e. The molecule has 0 spiro atoms. The Morgan fingerprint density at radius 1 is 1.32 bits per heavy atom. The third-order valence-electron chi connectivity index (χ3n) is 4.10. The third kappa shape index (κ3) is 5.93. The van der Waals surface area contributed by atoms with Gasteiger partial charge < -0.3 is 14.9 Å². The molecular weight excluding hydrogens is 364 g/mol. The first-order valence-corrected chi connectivity index (χ1v) is 9.36. The fourth-order valence-electron chi connectivity index (χ4n) is 2.58. The van der Waals surface area contributed by atoms with Crippen molar-refractivity contribution in [2.24, 2.45) is 5.92 Å². The van der Waals surface area contributed by atoms with Crippen molar-refractivity contribution in [3.8, 4) is 0 Å². The Bertz CT molecular complexity index is 638. The molecule has 0 aromatic heterocycles. The summed E-state index contributed by atoms with van der Waals surface area (Å²) >= 11 is 7.20. The Balaban J connectivity index is 1.80. The third-order valence-corrected chi connectivity index (χ3v) is 5.35. The van der Waals surface area contributed by atoms with Crippen molar-refractivity contribution in [2.45, 2.75) is 17.7 Å². The smallest absolute Gasteiger partial charge is 0.308 e. The number of likely N-dealkylation sites (N-methyl/N-ethyl adjacent to an activating group) is 1. The van der Waals surface area contributed by atoms with Crippen LogP contribution in [0.5, 0.6) is 0 Å². The van der Waals surface area contributed by atoms with Gasteiger partial charge in [-0.1, -0.05) is 11.6 Å². The van der Waals surface area contributed by atoms with E-state index in [1.54, 1.807) is 24.1 Å². The van der Waals surface area contributed by atoms with Crippen molar-refractivity contribution in [3.05, 3.63) is 29.3 Å². The number of piperidine rings is 1. The molecule has 1 heterocycles. The highest BCUT2D eigenvalue weighted by Gasteiger charge is 2.28. The van der Waals surface area contributed by atoms with Crippen molar-refractivity contribution >= 4 is 41.1 Å². The van der Waals surface area contributed by atoms with Gasteiger partial charge in [0.2, 0.25) is 11.8 Å². The van der Waals surface area contributed by atoms with Gasteiger partial charge in [-0.15, -0.1) is 11.8 Å². The molecule has 2 amide bonds. The second-order valence-electron chi connectivity index (χ2n) is 6.01. The minimum absolute atomic E-state index is 0.0354. The zero-order valence-electron chi connectivity index (χ0n) is 14.0. The van der Waals surface area contributed by atoms with E-state index >= 15 is 0 Å². The summed E-state index contributed by atoms with van der Waals surface area (Å²) in [5.41, 5.74) is 0. The molecule has 2 rings (SSSR count). The first-order chi connectivity index (χ1) is 11.9. The predicted molar refractivity (Wildman–Crippen MR) is 96.8 cm³/mol. The number of hydrogen-bond donors (Lipinski definition) is 1. The summed E-state index contributed by atoms with van der Waals surface area (Å²) < 4.78 is 0. The maximum Gasteiger partial charge on any atom is 0.308 e. The maximum absolute atomic E-state index is 12.3. The molecule has 1 unspecified atom stereocenters. The molecule has 25 heavy (non-hydrogen) atoms. The second kappa shape index (κ2) is 9.10. The lowest BCUT2D eigenvalue weighted by atomic mass is 9.98. The zero-order chi connectivity index (χ0) is 18.4. The largest absolute Gasteiger partial charge is 0.481 e. The van der Waals surface area contributed by atoms with Gasteiger partial charge in [0.1, 0.15) is 0 Å². The quantitative estimate of drug-likeness (QED) is 0.761. The van der Waals surface area contributed by atoms with Gasteiger partial charge in [0.15, 0.2) is 0 Å². The average Bonchev–Trinajstić information content (AvgIpc) is 2.60. The second-order valence-corrected chi connectivity index (χ2v) is 7.49. The molecule has 1 aromatic carbocycles. The van der Waals surface area contributed by atoms with Crippen LogP contribution in [0.2, 0.25) is 5.02 Å². The summed E-state index contributed by atoms with van der Waals surface area (Å²) in [6.07, 6.45) is 1.26. The summed E-state index contributed by atoms with van der Waals surface area (Å²) in [5, 5.41) is 9.73. The van der Waals surface area contributed by atoms with E-state index < -0.39 is 11.9 Å². The summed E-state index contributed by atoms with van der Waals surface area (Å²) in [6, 6.07) is 7.20. The number of likely N-dealkylation sites (tertiary alicyclic amines) is 1. The van der Waals surface area contributed by atoms with Gasteiger partial charge in [-0.25, -0.2) is 0 Å². The highest BCUT2D eigenvalue weighted by atomic mass is 35.5. The molecule has 136 valence electrons. The van der Waals surface area contributed by atoms with E-state index in [0.717, 1.165) is 4.90 Å². The number of amides is 2. The van der Waals surface area contributed by atoms with Crippen LogP contribution in [0.15, 0.2) is 29.2 Å². The number of benzene rings is 1. The molecule has 1 aliphatic rings. The van der Waals surface area contributed by atoms with Gasteiger partial charge in [-0.2, -0.15) is 0 Å². The Kier molecular flexibility index (Phi) is 7.13. The van der Waals surface area contributed by atoms with Crippen LogP contribution in [-0.4, -0.2) is 65.1 Å². The molecule has 6 nitrogen and oxygen atoms in total. The van der Waals surface area contributed by atoms with Crippen molar-refractivity contribution in [1.29, 1.82) is 0 Å². The summed E-state index contributed by atoms with van der Waals surface area (Å²) in [6.45, 7) is 0.728. The molecule has 0 aliphatic carbocycles. The standard InChI is InChI=1S/C17H21ClN2O4S/c1-19(16(22)11-25-14-6-4-13(18)5-7-14)10-15(21)20-8-2-3-12(9-20)17(23)24/h4-7,12H,2-3,8-11H2,1H3,(H,23,24). The van der Waals surface area contributed by atoms with Gasteiger partial charge in [-0.05, 0) is 37.1 Å². The van der Waals surface area contributed by atoms with E-state index in [0.29, 0.717) is 24.4 Å². The van der Waals surface area contributed by atoms with Crippen LogP contribution in [0.25, 0.3) is 0 Å². The zero-order valence-corrected chi connectivity index (χ0v) is 15.6. The fourth-order valence-corrected chi connectivity index (χ4v) is 3.55. The van der Waals surface area contributed by atoms with E-state index in [9.17, 15) is 14.4 Å². The summed E-state index contributed by atoms with van der Waals surface area (Å²) in [4.78, 5) is 39.4. The Morgan fingerprint density at radius 3 is 2.64 bits per heavy atom. The molecule has 0 radical (unpaired) electrons. The van der Waals surface area contributed by atoms with Crippen molar-refractivity contribution in [2.75, 3.05) is 32.4 Å². The molecule has 0 bridgehead atoms. The van der Waals surface area contributed by atoms with Gasteiger partial charge in [0.25, 0.3) is 0 Å². The van der Waals surface area contributed by atoms with Crippen LogP contribution in [0.3, 0.4) is 0 Å². The van der Waals surface area contributed by atoms with Gasteiger partial charge in [0.05, 0.1) is 18.2 Å². The Hall–Kier alpha value is -1.73. The highest BCUT2D eigenvalue weighted by molar-refractivity contribution is 8.00. The molecular formula is C17H21ClN2O4S. The van der Waals surface area contributed by atoms with Gasteiger partial charge in [0, 0.05) is 30.1 Å². The van der Waals surface area contributed by atoms with E-state index in [1.165, 1.54) is 16.7 Å². The van der Waals surface area contributed by atoms with Crippen LogP contribution in [-0.2, 0) is 14.4 Å². The van der Waals surface area contributed by atoms with Crippen LogP contribution in [0.1, 0.15) is 12.8 Å². The number of carbonyl (C=O) groups is 3. The number of aliphatic carboxylic acids is 1. The lowest BCUT2D eigenvalue weighted by Gasteiger charge is -2.32. The number of hydrogen-bond acceptors (Lipinski definition) is 4. The summed E-state index contributed by atoms with van der Waals surface area (Å²) in [7, 11) is 1.58. The van der Waals surface area contributed by atoms with E-state index in [4.69, 9.17) is 16.7 Å². The Morgan fingerprint density at radius 2 is 2.00 bits per heavy atom. The van der Waals surface area contributed by atoms with E-state index in [2.05, 4.69) is 0 Å². The van der Waals surface area contributed by atoms with Crippen LogP contribution < -0.4 is 0 Å². The molecule has 1 fully saturated rings. The predicted octanol–water partition coefficient (Wildman–Crippen LogP) is 2.21. The molecule has 0 saturated carbocycles. The molecule has 8 heteroatoms. The number of nitrogens with zero attached hydrogens (tertiary/aromatic N) is 2. The van der Waals surface area contributed by atoms with E-state index in [1.807, 2.05) is 12.1 Å². The van der Waals surface area contributed by atoms with Crippen LogP contribution in [0.4, 0.5) is 0 Å². The molecule has 1 aliphatic heterocycles. The van der Waals surface area contributed by atoms with Gasteiger partial charge in [-0.3, -0.25) is 14.4 Å². The minimum atomic E-state index is -0.874. The molecule has 1 saturated heterocycles. The molecule has 1 aromatic rings. The van der Waals surface area contributed by atoms with Crippen LogP contribution >= 0.6 is 23.4 Å². The first kappa shape index (κ1) is 19.6. The van der Waals surface area contributed by atoms with Crippen molar-refractivity contribution < 1.29 is 19.5 Å². The number of thioether (sulfide) groups is 1. The molecule has 1 N–H and O–H groups in total. The van der Waals surface area contributed by atoms with Crippen molar-refractivity contribution in [3.63, 3.8) is 0 Å². The number of rotatable bonds is 6. The number of halogens is 1. The monoisotopic (exact) mass is 384 g/mol. The topological polar surface area (TPSA) is 77.9 Å². The number of carboxylic acids is 1. The average molecular weight is 385 g/mol. The highest BCUT2D eigenvalue weighted by Crippen LogP contribution is 2.21. The van der Waals surface area contributed by atoms with Gasteiger partial charge >= 0.3 is 5.97 Å². The van der Waals surface area contributed by atoms with Crippen molar-refractivity contribution in [1.82, 2.24) is 9.80 Å². The normalized spacial score (nSPS) is 17.2. The maximum atomic E-state index is 12.3. The number of carboxylic acid groups (broad SMARTS) is 1. The first-order valence-electron chi connectivity index (χ1n) is 7.99. The molecule has 1 atom stereocenters. The fraction of sp³-hybridized carbons (Fsp3) is 0.471. The summed E-state index contributed by atoms with van der Waals surface area (Å²) in [5.74, 6) is -1.53. The lowest BCUT2D eigenvalue weighted by Crippen LogP contribution is -2.47. The van der Waals surface area contributed by atoms with Crippen LogP contribution in [0, 0.1) is 5.92 Å². The number of carbonyl (C=O) groups excluding carboxylic acids is 2. The lowest BCUT2D eigenvalue weighted by molar-refractivity contribution is -0.147. The van der Waals surface area contributed by atoms with E-state index in [-0.39, 0.29) is 30.7 Å².